The minimum Gasteiger partial charge on any atom is -0.489 e. The van der Waals surface area contributed by atoms with Gasteiger partial charge in [0.15, 0.2) is 0 Å². The van der Waals surface area contributed by atoms with E-state index in [1.165, 1.54) is 4.70 Å². The summed E-state index contributed by atoms with van der Waals surface area (Å²) in [6.07, 6.45) is 1.75. The lowest BCUT2D eigenvalue weighted by Crippen LogP contribution is -2.08. The van der Waals surface area contributed by atoms with Gasteiger partial charge in [-0.15, -0.1) is 5.10 Å². The fourth-order valence-electron chi connectivity index (χ4n) is 2.75. The van der Waals surface area contributed by atoms with Gasteiger partial charge in [0.2, 0.25) is 4.80 Å². The molecule has 3 aromatic carbocycles. The topological polar surface area (TPSA) is 38.9 Å². The Hall–Kier alpha value is -3.18. The second-order valence-corrected chi connectivity index (χ2v) is 7.11. The molecule has 0 fully saturated rings. The van der Waals surface area contributed by atoms with E-state index in [4.69, 9.17) is 4.74 Å². The summed E-state index contributed by atoms with van der Waals surface area (Å²) in [4.78, 5) is 0.865. The van der Waals surface area contributed by atoms with E-state index in [0.29, 0.717) is 6.61 Å². The van der Waals surface area contributed by atoms with Gasteiger partial charge in [-0.25, -0.2) is 0 Å². The molecule has 4 aromatic rings. The minimum absolute atomic E-state index is 0.545. The molecule has 134 valence electrons. The summed E-state index contributed by atoms with van der Waals surface area (Å²) in [6, 6.07) is 26.2. The Morgan fingerprint density at radius 2 is 1.78 bits per heavy atom. The number of fused-ring (bicyclic) bond motifs is 1. The van der Waals surface area contributed by atoms with Crippen LogP contribution in [0.15, 0.2) is 89.1 Å². The van der Waals surface area contributed by atoms with E-state index < -0.39 is 0 Å². The predicted octanol–water partition coefficient (Wildman–Crippen LogP) is 4.75. The first-order valence-corrected chi connectivity index (χ1v) is 9.50. The van der Waals surface area contributed by atoms with Gasteiger partial charge >= 0.3 is 0 Å². The van der Waals surface area contributed by atoms with Gasteiger partial charge in [0.25, 0.3) is 0 Å². The summed E-state index contributed by atoms with van der Waals surface area (Å²) < 4.78 is 9.11. The maximum absolute atomic E-state index is 5.86. The smallest absolute Gasteiger partial charge is 0.211 e. The molecule has 0 aliphatic heterocycles. The Bertz CT molecular complexity index is 1140. The van der Waals surface area contributed by atoms with E-state index in [1.807, 2.05) is 61.6 Å². The lowest BCUT2D eigenvalue weighted by atomic mass is 10.2. The number of benzene rings is 3. The van der Waals surface area contributed by atoms with Crippen molar-refractivity contribution in [3.8, 4) is 5.75 Å². The quantitative estimate of drug-likeness (QED) is 0.367. The second kappa shape index (κ2) is 8.01. The number of nitrogens with zero attached hydrogens (tertiary/aromatic N) is 3. The molecule has 0 radical (unpaired) electrons. The van der Waals surface area contributed by atoms with Crippen LogP contribution in [0.2, 0.25) is 0 Å². The third kappa shape index (κ3) is 4.15. The molecule has 0 atom stereocenters. The number of ether oxygens (including phenoxy) is 1. The van der Waals surface area contributed by atoms with E-state index >= 15 is 0 Å². The monoisotopic (exact) mass is 373 g/mol. The average molecular weight is 373 g/mol. The maximum Gasteiger partial charge on any atom is 0.211 e. The van der Waals surface area contributed by atoms with Crippen LogP contribution in [-0.2, 0) is 13.7 Å². The first-order chi connectivity index (χ1) is 13.3. The molecule has 0 amide bonds. The highest BCUT2D eigenvalue weighted by Gasteiger charge is 2.00. The zero-order valence-corrected chi connectivity index (χ0v) is 15.8. The van der Waals surface area contributed by atoms with Gasteiger partial charge in [0, 0.05) is 7.05 Å². The van der Waals surface area contributed by atoms with Gasteiger partial charge in [-0.2, -0.15) is 5.10 Å². The molecule has 1 heterocycles. The van der Waals surface area contributed by atoms with Crippen molar-refractivity contribution in [2.45, 2.75) is 6.61 Å². The van der Waals surface area contributed by atoms with E-state index in [2.05, 4.69) is 39.0 Å². The minimum atomic E-state index is 0.545. The molecule has 0 spiro atoms. The molecule has 0 saturated carbocycles. The van der Waals surface area contributed by atoms with Crippen molar-refractivity contribution in [1.82, 2.24) is 4.57 Å². The van der Waals surface area contributed by atoms with Gasteiger partial charge in [0.05, 0.1) is 16.4 Å². The van der Waals surface area contributed by atoms with E-state index in [1.54, 1.807) is 17.6 Å². The van der Waals surface area contributed by atoms with Crippen LogP contribution in [0.4, 0.5) is 0 Å². The van der Waals surface area contributed by atoms with Crippen LogP contribution >= 0.6 is 11.3 Å². The molecule has 1 aromatic heterocycles. The van der Waals surface area contributed by atoms with Crippen molar-refractivity contribution < 1.29 is 4.74 Å². The number of hydrogen-bond acceptors (Lipinski definition) is 4. The van der Waals surface area contributed by atoms with Crippen LogP contribution in [0.1, 0.15) is 11.1 Å². The van der Waals surface area contributed by atoms with Gasteiger partial charge in [-0.05, 0) is 35.4 Å². The van der Waals surface area contributed by atoms with Crippen LogP contribution in [0.3, 0.4) is 0 Å². The van der Waals surface area contributed by atoms with E-state index in [0.717, 1.165) is 27.2 Å². The number of para-hydroxylation sites is 1. The van der Waals surface area contributed by atoms with Crippen molar-refractivity contribution in [2.24, 2.45) is 17.3 Å². The van der Waals surface area contributed by atoms with E-state index in [-0.39, 0.29) is 0 Å². The molecule has 0 aliphatic carbocycles. The molecule has 0 unspecified atom stereocenters. The van der Waals surface area contributed by atoms with Crippen LogP contribution < -0.4 is 9.54 Å². The first-order valence-electron chi connectivity index (χ1n) is 8.68. The fraction of sp³-hybridized carbons (Fsp3) is 0.0909. The van der Waals surface area contributed by atoms with Gasteiger partial charge in [-0.3, -0.25) is 0 Å². The highest BCUT2D eigenvalue weighted by molar-refractivity contribution is 7.16. The average Bonchev–Trinajstić information content (AvgIpc) is 3.04. The third-order valence-corrected chi connectivity index (χ3v) is 5.27. The molecule has 0 saturated heterocycles. The van der Waals surface area contributed by atoms with Crippen molar-refractivity contribution >= 4 is 27.8 Å². The number of rotatable bonds is 5. The molecular weight excluding hydrogens is 354 g/mol. The standard InChI is InChI=1S/C22H19N3OS/c1-25-20-12-5-6-13-21(20)27-22(25)24-23-15-18-10-7-11-19(14-18)26-16-17-8-3-2-4-9-17/h2-15H,16H2,1H3/b23-15+,24-22+. The molecule has 0 N–H and O–H groups in total. The van der Waals surface area contributed by atoms with Crippen LogP contribution in [-0.4, -0.2) is 10.8 Å². The van der Waals surface area contributed by atoms with Crippen LogP contribution in [0.25, 0.3) is 10.2 Å². The van der Waals surface area contributed by atoms with Crippen molar-refractivity contribution in [3.63, 3.8) is 0 Å². The summed E-state index contributed by atoms with van der Waals surface area (Å²) in [5, 5.41) is 8.63. The Balaban J connectivity index is 1.49. The highest BCUT2D eigenvalue weighted by Crippen LogP contribution is 2.16. The second-order valence-electron chi connectivity index (χ2n) is 6.10. The Labute approximate surface area is 161 Å². The lowest BCUT2D eigenvalue weighted by molar-refractivity contribution is 0.306. The van der Waals surface area contributed by atoms with Crippen molar-refractivity contribution in [3.05, 3.63) is 94.8 Å². The van der Waals surface area contributed by atoms with E-state index in [9.17, 15) is 0 Å². The zero-order chi connectivity index (χ0) is 18.5. The number of aryl methyl sites for hydroxylation is 1. The summed E-state index contributed by atoms with van der Waals surface area (Å²) in [7, 11) is 2.01. The molecule has 5 heteroatoms. The normalized spacial score (nSPS) is 12.1. The van der Waals surface area contributed by atoms with Crippen LogP contribution in [0, 0.1) is 0 Å². The van der Waals surface area contributed by atoms with Crippen molar-refractivity contribution in [1.29, 1.82) is 0 Å². The summed E-state index contributed by atoms with van der Waals surface area (Å²) in [5.74, 6) is 0.815. The molecule has 0 aliphatic rings. The van der Waals surface area contributed by atoms with Gasteiger partial charge in [-0.1, -0.05) is 65.9 Å². The number of hydrogen-bond donors (Lipinski definition) is 0. The largest absolute Gasteiger partial charge is 0.489 e. The van der Waals surface area contributed by atoms with Gasteiger partial charge < -0.3 is 9.30 Å². The SMILES string of the molecule is Cn1/c(=N\N=C\c2cccc(OCc3ccccc3)c2)sc2ccccc21. The molecule has 0 bridgehead atoms. The Kier molecular flexibility index (Phi) is 5.12. The molecule has 27 heavy (non-hydrogen) atoms. The summed E-state index contributed by atoms with van der Waals surface area (Å²) >= 11 is 1.63. The van der Waals surface area contributed by atoms with Crippen molar-refractivity contribution in [2.75, 3.05) is 0 Å². The summed E-state index contributed by atoms with van der Waals surface area (Å²) in [5.41, 5.74) is 3.25. The molecular formula is C22H19N3OS. The lowest BCUT2D eigenvalue weighted by Gasteiger charge is -2.06. The maximum atomic E-state index is 5.86. The first kappa shape index (κ1) is 17.2. The highest BCUT2D eigenvalue weighted by atomic mass is 32.1. The van der Waals surface area contributed by atoms with Gasteiger partial charge in [0.1, 0.15) is 12.4 Å². The Morgan fingerprint density at radius 3 is 2.63 bits per heavy atom. The third-order valence-electron chi connectivity index (χ3n) is 4.17. The number of aromatic nitrogens is 1. The summed E-state index contributed by atoms with van der Waals surface area (Å²) in [6.45, 7) is 0.545. The fourth-order valence-corrected chi connectivity index (χ4v) is 3.72. The Morgan fingerprint density at radius 1 is 0.963 bits per heavy atom. The zero-order valence-electron chi connectivity index (χ0n) is 14.9. The number of thiazole rings is 1. The molecule has 4 rings (SSSR count). The van der Waals surface area contributed by atoms with Crippen LogP contribution in [0.5, 0.6) is 5.75 Å². The molecule has 4 nitrogen and oxygen atoms in total. The predicted molar refractivity (Wildman–Crippen MR) is 111 cm³/mol.